The Kier molecular flexibility index (Phi) is 40.4. The lowest BCUT2D eigenvalue weighted by Crippen LogP contribution is -2.60. The van der Waals surface area contributed by atoms with E-state index >= 15 is 0 Å². The summed E-state index contributed by atoms with van der Waals surface area (Å²) in [5, 5.41) is 30.7. The molecule has 13 heteroatoms. The molecule has 0 aliphatic carbocycles. The molecular weight excluding hydrogens is 861 g/mol. The minimum Gasteiger partial charge on any atom is -0.457 e. The molecule has 0 aromatic carbocycles. The second-order valence-electron chi connectivity index (χ2n) is 17.0. The number of rotatable bonds is 43. The van der Waals surface area contributed by atoms with E-state index in [1.807, 2.05) is 0 Å². The second-order valence-corrected chi connectivity index (χ2v) is 18.1. The van der Waals surface area contributed by atoms with E-state index in [2.05, 4.69) is 103 Å². The van der Waals surface area contributed by atoms with Crippen LogP contribution in [0.5, 0.6) is 0 Å². The summed E-state index contributed by atoms with van der Waals surface area (Å²) < 4.78 is 59.2. The first kappa shape index (κ1) is 61.3. The second kappa shape index (κ2) is 43.6. The number of carbonyl (C=O) groups is 1. The molecule has 0 aromatic rings. The van der Waals surface area contributed by atoms with Gasteiger partial charge in [0.05, 0.1) is 19.8 Å². The Morgan fingerprint density at radius 3 is 1.50 bits per heavy atom. The average molecular weight is 951 g/mol. The maximum Gasteiger partial charge on any atom is 0.397 e. The molecule has 0 radical (unpaired) electrons. The van der Waals surface area contributed by atoms with Crippen LogP contribution in [0.4, 0.5) is 0 Å². The largest absolute Gasteiger partial charge is 0.457 e. The molecule has 0 saturated carbocycles. The number of allylic oxidation sites excluding steroid dienone is 14. The van der Waals surface area contributed by atoms with Crippen molar-refractivity contribution in [3.8, 4) is 0 Å². The first-order valence-corrected chi connectivity index (χ1v) is 26.7. The first-order chi connectivity index (χ1) is 32.1. The van der Waals surface area contributed by atoms with Gasteiger partial charge in [-0.2, -0.15) is 8.42 Å². The maximum atomic E-state index is 12.9. The molecule has 0 amide bonds. The Morgan fingerprint density at radius 1 is 0.591 bits per heavy atom. The van der Waals surface area contributed by atoms with Gasteiger partial charge < -0.3 is 34.3 Å². The summed E-state index contributed by atoms with van der Waals surface area (Å²) in [5.74, 6) is -0.416. The van der Waals surface area contributed by atoms with E-state index in [4.69, 9.17) is 18.9 Å². The van der Waals surface area contributed by atoms with Crippen molar-refractivity contribution in [2.24, 2.45) is 0 Å². The molecule has 1 heterocycles. The number of carbonyl (C=O) groups excluding carboxylic acids is 1. The van der Waals surface area contributed by atoms with E-state index in [-0.39, 0.29) is 19.6 Å². The molecule has 1 aliphatic heterocycles. The molecule has 12 nitrogen and oxygen atoms in total. The Balaban J connectivity index is 2.41. The summed E-state index contributed by atoms with van der Waals surface area (Å²) in [4.78, 5) is 12.9. The molecule has 1 aliphatic rings. The zero-order valence-corrected chi connectivity index (χ0v) is 41.5. The molecule has 6 atom stereocenters. The van der Waals surface area contributed by atoms with Gasteiger partial charge in [-0.1, -0.05) is 189 Å². The highest BCUT2D eigenvalue weighted by Crippen LogP contribution is 2.26. The molecule has 0 spiro atoms. The monoisotopic (exact) mass is 951 g/mol. The third-order valence-corrected chi connectivity index (χ3v) is 11.5. The standard InChI is InChI=1S/C53H90O12S/c1-3-5-7-9-11-13-15-17-19-20-21-22-23-24-25-26-27-29-31-33-35-37-39-41-43-61-45-47(46-62-53-51(57)52(65-66(58,59)60)50(56)48(44-54)64-53)63-49(55)42-40-38-36-34-32-30-28-18-16-14-12-10-8-6-4-2/h5,7,11,13,17,19,21-22,24-25,27,29,33,35,47-48,50-54,56-57H,3-4,6,8-10,12,14-16,18,20,23,26,28,30-32,34,36-46H2,1-2H3,(H,58,59,60)/b7-5-,13-11-,19-17-,22-21-,25-24-,29-27-,35-33-. The van der Waals surface area contributed by atoms with Gasteiger partial charge in [0, 0.05) is 13.0 Å². The number of hydrogen-bond donors (Lipinski definition) is 4. The van der Waals surface area contributed by atoms with Gasteiger partial charge in [0.25, 0.3) is 0 Å². The topological polar surface area (TPSA) is 178 Å². The van der Waals surface area contributed by atoms with Crippen LogP contribution < -0.4 is 0 Å². The van der Waals surface area contributed by atoms with Crippen molar-refractivity contribution >= 4 is 16.4 Å². The van der Waals surface area contributed by atoms with Crippen molar-refractivity contribution in [1.82, 2.24) is 0 Å². The Morgan fingerprint density at radius 2 is 1.05 bits per heavy atom. The van der Waals surface area contributed by atoms with Crippen LogP contribution in [-0.4, -0.2) is 97.5 Å². The summed E-state index contributed by atoms with van der Waals surface area (Å²) in [6.45, 7) is 3.77. The van der Waals surface area contributed by atoms with Gasteiger partial charge >= 0.3 is 16.4 Å². The summed E-state index contributed by atoms with van der Waals surface area (Å²) in [7, 11) is -5.07. The van der Waals surface area contributed by atoms with Crippen LogP contribution in [0.2, 0.25) is 0 Å². The zero-order chi connectivity index (χ0) is 48.2. The summed E-state index contributed by atoms with van der Waals surface area (Å²) >= 11 is 0. The van der Waals surface area contributed by atoms with Crippen LogP contribution in [0.1, 0.15) is 181 Å². The van der Waals surface area contributed by atoms with Crippen LogP contribution in [0.3, 0.4) is 0 Å². The van der Waals surface area contributed by atoms with Gasteiger partial charge in [0.15, 0.2) is 6.29 Å². The Bertz CT molecular complexity index is 1470. The molecule has 1 saturated heterocycles. The molecule has 4 N–H and O–H groups in total. The van der Waals surface area contributed by atoms with E-state index < -0.39 is 59.8 Å². The lowest BCUT2D eigenvalue weighted by atomic mass is 9.99. The number of unbranched alkanes of at least 4 members (excludes halogenated alkanes) is 16. The van der Waals surface area contributed by atoms with Gasteiger partial charge in [-0.05, 0) is 70.6 Å². The molecule has 66 heavy (non-hydrogen) atoms. The van der Waals surface area contributed by atoms with Gasteiger partial charge in [-0.25, -0.2) is 4.18 Å². The number of aliphatic hydroxyl groups is 3. The van der Waals surface area contributed by atoms with Gasteiger partial charge in [-0.15, -0.1) is 0 Å². The van der Waals surface area contributed by atoms with Crippen LogP contribution in [-0.2, 0) is 38.3 Å². The minimum absolute atomic E-state index is 0.00291. The lowest BCUT2D eigenvalue weighted by molar-refractivity contribution is -0.301. The van der Waals surface area contributed by atoms with Crippen molar-refractivity contribution in [2.75, 3.05) is 26.4 Å². The van der Waals surface area contributed by atoms with E-state index in [0.29, 0.717) is 13.0 Å². The summed E-state index contributed by atoms with van der Waals surface area (Å²) in [6.07, 6.45) is 49.0. The molecule has 6 unspecified atom stereocenters. The molecule has 1 rings (SSSR count). The van der Waals surface area contributed by atoms with Crippen molar-refractivity contribution in [3.63, 3.8) is 0 Å². The summed E-state index contributed by atoms with van der Waals surface area (Å²) in [6, 6.07) is 0. The minimum atomic E-state index is -5.07. The van der Waals surface area contributed by atoms with Crippen LogP contribution in [0, 0.1) is 0 Å². The molecule has 0 aromatic heterocycles. The molecule has 380 valence electrons. The maximum absolute atomic E-state index is 12.9. The van der Waals surface area contributed by atoms with Crippen molar-refractivity contribution < 1.29 is 56.2 Å². The highest BCUT2D eigenvalue weighted by atomic mass is 32.3. The third-order valence-electron chi connectivity index (χ3n) is 11.0. The van der Waals surface area contributed by atoms with E-state index in [0.717, 1.165) is 83.5 Å². The Hall–Kier alpha value is -2.72. The third kappa shape index (κ3) is 36.3. The number of aliphatic hydroxyl groups excluding tert-OH is 3. The Labute approximate surface area is 400 Å². The fourth-order valence-electron chi connectivity index (χ4n) is 7.24. The lowest BCUT2D eigenvalue weighted by Gasteiger charge is -2.41. The predicted molar refractivity (Wildman–Crippen MR) is 266 cm³/mol. The summed E-state index contributed by atoms with van der Waals surface area (Å²) in [5.41, 5.74) is 0. The first-order valence-electron chi connectivity index (χ1n) is 25.3. The molecule has 1 fully saturated rings. The average Bonchev–Trinajstić information content (AvgIpc) is 3.29. The number of esters is 1. The zero-order valence-electron chi connectivity index (χ0n) is 40.7. The van der Waals surface area contributed by atoms with Crippen LogP contribution in [0.25, 0.3) is 0 Å². The van der Waals surface area contributed by atoms with Crippen molar-refractivity contribution in [2.45, 2.75) is 218 Å². The smallest absolute Gasteiger partial charge is 0.397 e. The number of ether oxygens (including phenoxy) is 4. The molecular formula is C53H90O12S. The van der Waals surface area contributed by atoms with E-state index in [9.17, 15) is 33.1 Å². The normalized spacial score (nSPS) is 20.2. The molecule has 0 bridgehead atoms. The van der Waals surface area contributed by atoms with Crippen LogP contribution in [0.15, 0.2) is 85.1 Å². The van der Waals surface area contributed by atoms with Gasteiger partial charge in [0.2, 0.25) is 0 Å². The van der Waals surface area contributed by atoms with Crippen molar-refractivity contribution in [1.29, 1.82) is 0 Å². The highest BCUT2D eigenvalue weighted by molar-refractivity contribution is 7.80. The fraction of sp³-hybridized carbons (Fsp3) is 0.717. The highest BCUT2D eigenvalue weighted by Gasteiger charge is 2.48. The van der Waals surface area contributed by atoms with Crippen molar-refractivity contribution in [3.05, 3.63) is 85.1 Å². The van der Waals surface area contributed by atoms with Crippen LogP contribution >= 0.6 is 0 Å². The van der Waals surface area contributed by atoms with E-state index in [1.165, 1.54) is 70.6 Å². The van der Waals surface area contributed by atoms with Gasteiger partial charge in [-0.3, -0.25) is 9.35 Å². The van der Waals surface area contributed by atoms with Gasteiger partial charge in [0.1, 0.15) is 30.5 Å². The quantitative estimate of drug-likeness (QED) is 0.0197. The SMILES string of the molecule is CC/C=C\C/C=C\C/C=C\C/C=C\C/C=C\C/C=C\C/C=C\CCCCOCC(COC1OC(CO)C(O)C(OS(=O)(=O)O)C1O)OC(=O)CCCCCCCCCCCCCCCCC. The predicted octanol–water partition coefficient (Wildman–Crippen LogP) is 11.6. The van der Waals surface area contributed by atoms with E-state index in [1.54, 1.807) is 0 Å². The number of hydrogen-bond acceptors (Lipinski definition) is 11. The fourth-order valence-corrected chi connectivity index (χ4v) is 7.75.